The first kappa shape index (κ1) is 11.9. The van der Waals surface area contributed by atoms with Crippen LogP contribution < -0.4 is 5.73 Å². The van der Waals surface area contributed by atoms with Gasteiger partial charge in [0.15, 0.2) is 5.78 Å². The first-order chi connectivity index (χ1) is 9.15. The second-order valence-corrected chi connectivity index (χ2v) is 4.90. The number of ketones is 1. The maximum atomic E-state index is 13.2. The maximum Gasteiger partial charge on any atom is 0.195 e. The topological polar surface area (TPSA) is 43.1 Å². The van der Waals surface area contributed by atoms with Crippen LogP contribution in [0.25, 0.3) is 0 Å². The minimum atomic E-state index is -0.446. The number of benzene rings is 2. The first-order valence-corrected chi connectivity index (χ1v) is 6.36. The Hall–Kier alpha value is -2.16. The predicted octanol–water partition coefficient (Wildman–Crippen LogP) is 3.13. The van der Waals surface area contributed by atoms with Crippen molar-refractivity contribution in [2.75, 3.05) is 5.73 Å². The molecule has 0 saturated carbocycles. The molecule has 0 bridgehead atoms. The molecule has 2 nitrogen and oxygen atoms in total. The summed E-state index contributed by atoms with van der Waals surface area (Å²) in [6.45, 7) is 0. The van der Waals surface area contributed by atoms with E-state index in [-0.39, 0.29) is 11.3 Å². The van der Waals surface area contributed by atoms with Gasteiger partial charge in [-0.05, 0) is 54.7 Å². The summed E-state index contributed by atoms with van der Waals surface area (Å²) in [7, 11) is 0. The summed E-state index contributed by atoms with van der Waals surface area (Å²) in [4.78, 5) is 12.4. The molecule has 0 radical (unpaired) electrons. The zero-order chi connectivity index (χ0) is 13.4. The molecular weight excluding hydrogens is 241 g/mol. The van der Waals surface area contributed by atoms with Crippen molar-refractivity contribution in [2.24, 2.45) is 0 Å². The van der Waals surface area contributed by atoms with Crippen LogP contribution in [-0.2, 0) is 12.8 Å². The lowest BCUT2D eigenvalue weighted by molar-refractivity contribution is 0.103. The largest absolute Gasteiger partial charge is 0.398 e. The van der Waals surface area contributed by atoms with Gasteiger partial charge in [-0.2, -0.15) is 0 Å². The number of halogens is 1. The first-order valence-electron chi connectivity index (χ1n) is 6.36. The van der Waals surface area contributed by atoms with Gasteiger partial charge < -0.3 is 5.73 Å². The lowest BCUT2D eigenvalue weighted by Crippen LogP contribution is -2.06. The molecule has 0 aromatic heterocycles. The van der Waals surface area contributed by atoms with Gasteiger partial charge >= 0.3 is 0 Å². The maximum absolute atomic E-state index is 13.2. The number of aryl methyl sites for hydroxylation is 2. The summed E-state index contributed by atoms with van der Waals surface area (Å²) in [5.41, 5.74) is 9.41. The van der Waals surface area contributed by atoms with Gasteiger partial charge in [-0.3, -0.25) is 4.79 Å². The number of hydrogen-bond acceptors (Lipinski definition) is 2. The third-order valence-electron chi connectivity index (χ3n) is 3.62. The predicted molar refractivity (Wildman–Crippen MR) is 72.7 cm³/mol. The monoisotopic (exact) mass is 255 g/mol. The van der Waals surface area contributed by atoms with Crippen molar-refractivity contribution in [1.29, 1.82) is 0 Å². The molecule has 1 aliphatic rings. The molecule has 0 saturated heterocycles. The molecule has 2 N–H and O–H groups in total. The Morgan fingerprint density at radius 3 is 2.68 bits per heavy atom. The van der Waals surface area contributed by atoms with E-state index in [2.05, 4.69) is 0 Å². The van der Waals surface area contributed by atoms with Crippen LogP contribution in [0.3, 0.4) is 0 Å². The Labute approximate surface area is 111 Å². The molecule has 0 spiro atoms. The lowest BCUT2D eigenvalue weighted by Gasteiger charge is -2.07. The number of hydrogen-bond donors (Lipinski definition) is 1. The van der Waals surface area contributed by atoms with Crippen LogP contribution >= 0.6 is 0 Å². The third kappa shape index (κ3) is 2.12. The van der Waals surface area contributed by atoms with Crippen molar-refractivity contribution in [3.8, 4) is 0 Å². The zero-order valence-corrected chi connectivity index (χ0v) is 10.4. The average Bonchev–Trinajstić information content (AvgIpc) is 2.88. The lowest BCUT2D eigenvalue weighted by atomic mass is 9.98. The Morgan fingerprint density at radius 2 is 1.84 bits per heavy atom. The Morgan fingerprint density at radius 1 is 1.05 bits per heavy atom. The molecule has 19 heavy (non-hydrogen) atoms. The second-order valence-electron chi connectivity index (χ2n) is 4.90. The van der Waals surface area contributed by atoms with Gasteiger partial charge in [0.2, 0.25) is 0 Å². The molecule has 0 atom stereocenters. The molecule has 0 unspecified atom stereocenters. The van der Waals surface area contributed by atoms with E-state index in [1.807, 2.05) is 12.1 Å². The standard InChI is InChI=1S/C16H14FNO/c17-13-6-7-15(18)14(9-13)16(19)12-5-4-10-2-1-3-11(10)8-12/h4-9H,1-3,18H2. The second kappa shape index (κ2) is 4.50. The molecule has 0 amide bonds. The zero-order valence-electron chi connectivity index (χ0n) is 10.4. The normalized spacial score (nSPS) is 13.3. The summed E-state index contributed by atoms with van der Waals surface area (Å²) < 4.78 is 13.2. The van der Waals surface area contributed by atoms with Crippen molar-refractivity contribution in [2.45, 2.75) is 19.3 Å². The summed E-state index contributed by atoms with van der Waals surface area (Å²) in [5.74, 6) is -0.662. The van der Waals surface area contributed by atoms with Gasteiger partial charge in [0.25, 0.3) is 0 Å². The average molecular weight is 255 g/mol. The van der Waals surface area contributed by atoms with E-state index in [4.69, 9.17) is 5.73 Å². The smallest absolute Gasteiger partial charge is 0.195 e. The molecule has 3 heteroatoms. The molecule has 0 aliphatic heterocycles. The Kier molecular flexibility index (Phi) is 2.82. The molecule has 0 fully saturated rings. The molecule has 96 valence electrons. The Balaban J connectivity index is 2.02. The van der Waals surface area contributed by atoms with Gasteiger partial charge in [0.05, 0.1) is 0 Å². The number of carbonyl (C=O) groups is 1. The highest BCUT2D eigenvalue weighted by Crippen LogP contribution is 2.25. The van der Waals surface area contributed by atoms with Crippen LogP contribution in [0.1, 0.15) is 33.5 Å². The van der Waals surface area contributed by atoms with Crippen LogP contribution in [0.2, 0.25) is 0 Å². The summed E-state index contributed by atoms with van der Waals surface area (Å²) in [6, 6.07) is 9.59. The number of nitrogen functional groups attached to an aromatic ring is 1. The molecule has 2 aromatic carbocycles. The summed E-state index contributed by atoms with van der Waals surface area (Å²) >= 11 is 0. The SMILES string of the molecule is Nc1ccc(F)cc1C(=O)c1ccc2c(c1)CCC2. The van der Waals surface area contributed by atoms with Crippen LogP contribution in [0.5, 0.6) is 0 Å². The van der Waals surface area contributed by atoms with Gasteiger partial charge in [0, 0.05) is 16.8 Å². The van der Waals surface area contributed by atoms with E-state index in [0.717, 1.165) is 19.3 Å². The van der Waals surface area contributed by atoms with Gasteiger partial charge in [-0.15, -0.1) is 0 Å². The number of carbonyl (C=O) groups excluding carboxylic acids is 1. The highest BCUT2D eigenvalue weighted by molar-refractivity contribution is 6.12. The minimum absolute atomic E-state index is 0.216. The van der Waals surface area contributed by atoms with E-state index < -0.39 is 5.82 Å². The van der Waals surface area contributed by atoms with Crippen LogP contribution in [0, 0.1) is 5.82 Å². The number of nitrogens with two attached hydrogens (primary N) is 1. The van der Waals surface area contributed by atoms with E-state index in [1.54, 1.807) is 6.07 Å². The van der Waals surface area contributed by atoms with Crippen LogP contribution in [0.15, 0.2) is 36.4 Å². The number of rotatable bonds is 2. The molecule has 2 aromatic rings. The third-order valence-corrected chi connectivity index (χ3v) is 3.62. The number of fused-ring (bicyclic) bond motifs is 1. The van der Waals surface area contributed by atoms with Gasteiger partial charge in [-0.25, -0.2) is 4.39 Å². The molecule has 1 aliphatic carbocycles. The van der Waals surface area contributed by atoms with Crippen LogP contribution in [0.4, 0.5) is 10.1 Å². The van der Waals surface area contributed by atoms with Crippen molar-refractivity contribution in [3.05, 3.63) is 64.5 Å². The van der Waals surface area contributed by atoms with E-state index >= 15 is 0 Å². The summed E-state index contributed by atoms with van der Waals surface area (Å²) in [6.07, 6.45) is 3.22. The van der Waals surface area contributed by atoms with Gasteiger partial charge in [0.1, 0.15) is 5.82 Å². The molecule has 0 heterocycles. The van der Waals surface area contributed by atoms with E-state index in [0.29, 0.717) is 11.3 Å². The fourth-order valence-corrected chi connectivity index (χ4v) is 2.59. The van der Waals surface area contributed by atoms with Crippen molar-refractivity contribution in [1.82, 2.24) is 0 Å². The molecule has 3 rings (SSSR count). The summed E-state index contributed by atoms with van der Waals surface area (Å²) in [5, 5.41) is 0. The van der Waals surface area contributed by atoms with Gasteiger partial charge in [-0.1, -0.05) is 12.1 Å². The highest BCUT2D eigenvalue weighted by atomic mass is 19.1. The number of anilines is 1. The van der Waals surface area contributed by atoms with Crippen LogP contribution in [-0.4, -0.2) is 5.78 Å². The highest BCUT2D eigenvalue weighted by Gasteiger charge is 2.17. The quantitative estimate of drug-likeness (QED) is 0.661. The fraction of sp³-hybridized carbons (Fsp3) is 0.188. The van der Waals surface area contributed by atoms with E-state index in [9.17, 15) is 9.18 Å². The van der Waals surface area contributed by atoms with Crippen molar-refractivity contribution >= 4 is 11.5 Å². The van der Waals surface area contributed by atoms with Crippen molar-refractivity contribution in [3.63, 3.8) is 0 Å². The molecular formula is C16H14FNO. The Bertz CT molecular complexity index is 664. The minimum Gasteiger partial charge on any atom is -0.398 e. The van der Waals surface area contributed by atoms with Crippen molar-refractivity contribution < 1.29 is 9.18 Å². The fourth-order valence-electron chi connectivity index (χ4n) is 2.59. The van der Waals surface area contributed by atoms with E-state index in [1.165, 1.54) is 29.3 Å².